The molecule has 1 saturated carbocycles. The highest BCUT2D eigenvalue weighted by Gasteiger charge is 2.35. The Bertz CT molecular complexity index is 777. The molecule has 1 aliphatic heterocycles. The first-order valence-corrected chi connectivity index (χ1v) is 11.7. The summed E-state index contributed by atoms with van der Waals surface area (Å²) in [6, 6.07) is 5.69. The lowest BCUT2D eigenvalue weighted by Crippen LogP contribution is -2.47. The van der Waals surface area contributed by atoms with Crippen LogP contribution >= 0.6 is 0 Å². The van der Waals surface area contributed by atoms with Gasteiger partial charge in [-0.3, -0.25) is 4.79 Å². The smallest absolute Gasteiger partial charge is 0.243 e. The minimum Gasteiger partial charge on any atom is -0.340 e. The Balaban J connectivity index is 1.65. The van der Waals surface area contributed by atoms with E-state index in [1.54, 1.807) is 16.4 Å². The number of rotatable bonds is 5. The molecule has 0 aromatic heterocycles. The van der Waals surface area contributed by atoms with Crippen LogP contribution in [0.1, 0.15) is 56.6 Å². The molecule has 6 heteroatoms. The fraction of sp³-hybridized carbons (Fsp3) is 0.667. The second-order valence-corrected chi connectivity index (χ2v) is 9.92. The molecule has 2 aliphatic rings. The number of carbonyl (C=O) groups is 1. The van der Waals surface area contributed by atoms with Crippen LogP contribution in [0.2, 0.25) is 0 Å². The van der Waals surface area contributed by atoms with E-state index in [9.17, 15) is 13.2 Å². The second kappa shape index (κ2) is 8.31. The zero-order valence-electron chi connectivity index (χ0n) is 16.8. The summed E-state index contributed by atoms with van der Waals surface area (Å²) in [6.45, 7) is 7.57. The lowest BCUT2D eigenvalue weighted by Gasteiger charge is -2.35. The number of hydrogen-bond acceptors (Lipinski definition) is 3. The summed E-state index contributed by atoms with van der Waals surface area (Å²) in [4.78, 5) is 15.4. The van der Waals surface area contributed by atoms with Crippen molar-refractivity contribution in [3.05, 3.63) is 29.3 Å². The zero-order valence-corrected chi connectivity index (χ0v) is 17.6. The maximum absolute atomic E-state index is 13.0. The fourth-order valence-electron chi connectivity index (χ4n) is 4.41. The maximum Gasteiger partial charge on any atom is 0.243 e. The van der Waals surface area contributed by atoms with Crippen LogP contribution in [0.4, 0.5) is 0 Å². The predicted octanol–water partition coefficient (Wildman–Crippen LogP) is 3.50. The van der Waals surface area contributed by atoms with Gasteiger partial charge in [-0.2, -0.15) is 4.31 Å². The van der Waals surface area contributed by atoms with Crippen molar-refractivity contribution >= 4 is 15.9 Å². The first kappa shape index (κ1) is 20.3. The molecule has 1 heterocycles. The first-order chi connectivity index (χ1) is 12.8. The summed E-state index contributed by atoms with van der Waals surface area (Å²) in [5.41, 5.74) is 2.07. The van der Waals surface area contributed by atoms with Gasteiger partial charge in [0.05, 0.1) is 4.90 Å². The van der Waals surface area contributed by atoms with Gasteiger partial charge in [0.1, 0.15) is 0 Å². The van der Waals surface area contributed by atoms with Crippen LogP contribution in [-0.2, 0) is 14.8 Å². The van der Waals surface area contributed by atoms with Crippen LogP contribution in [-0.4, -0.2) is 49.2 Å². The number of nitrogens with zero attached hydrogens (tertiary/aromatic N) is 2. The van der Waals surface area contributed by atoms with Gasteiger partial charge in [-0.1, -0.05) is 18.9 Å². The second-order valence-electron chi connectivity index (χ2n) is 7.99. The Hall–Kier alpha value is -1.40. The Morgan fingerprint density at radius 2 is 1.70 bits per heavy atom. The Labute approximate surface area is 163 Å². The maximum atomic E-state index is 13.0. The SMILES string of the molecule is CCN(C(=O)C1CCN(S(=O)(=O)c2ccc(C)c(C)c2)CC1)C1CCCC1. The summed E-state index contributed by atoms with van der Waals surface area (Å²) in [5.74, 6) is 0.185. The molecule has 0 bridgehead atoms. The highest BCUT2D eigenvalue weighted by atomic mass is 32.2. The number of amides is 1. The molecule has 0 N–H and O–H groups in total. The topological polar surface area (TPSA) is 57.7 Å². The summed E-state index contributed by atoms with van der Waals surface area (Å²) < 4.78 is 27.5. The molecule has 1 aromatic carbocycles. The highest BCUT2D eigenvalue weighted by molar-refractivity contribution is 7.89. The van der Waals surface area contributed by atoms with E-state index in [1.807, 2.05) is 24.8 Å². The number of carbonyl (C=O) groups excluding carboxylic acids is 1. The van der Waals surface area contributed by atoms with Crippen molar-refractivity contribution < 1.29 is 13.2 Å². The van der Waals surface area contributed by atoms with Crippen LogP contribution in [0.15, 0.2) is 23.1 Å². The molecule has 3 rings (SSSR count). The standard InChI is InChI=1S/C21H32N2O3S/c1-4-23(19-7-5-6-8-19)21(24)18-11-13-22(14-12-18)27(25,26)20-10-9-16(2)17(3)15-20/h9-10,15,18-19H,4-8,11-14H2,1-3H3. The first-order valence-electron chi connectivity index (χ1n) is 10.2. The minimum atomic E-state index is -3.48. The van der Waals surface area contributed by atoms with Gasteiger partial charge in [0.15, 0.2) is 0 Å². The van der Waals surface area contributed by atoms with E-state index >= 15 is 0 Å². The van der Waals surface area contributed by atoms with Gasteiger partial charge in [-0.05, 0) is 69.7 Å². The summed E-state index contributed by atoms with van der Waals surface area (Å²) in [7, 11) is -3.48. The number of hydrogen-bond donors (Lipinski definition) is 0. The number of benzene rings is 1. The van der Waals surface area contributed by atoms with Crippen LogP contribution in [0.5, 0.6) is 0 Å². The molecule has 1 amide bonds. The molecular weight excluding hydrogens is 360 g/mol. The van der Waals surface area contributed by atoms with Crippen LogP contribution < -0.4 is 0 Å². The van der Waals surface area contributed by atoms with Crippen molar-refractivity contribution in [1.82, 2.24) is 9.21 Å². The van der Waals surface area contributed by atoms with E-state index in [0.717, 1.165) is 30.5 Å². The molecule has 150 valence electrons. The lowest BCUT2D eigenvalue weighted by molar-refractivity contribution is -0.138. The van der Waals surface area contributed by atoms with Gasteiger partial charge >= 0.3 is 0 Å². The average molecular weight is 393 g/mol. The van der Waals surface area contributed by atoms with Crippen LogP contribution in [0.25, 0.3) is 0 Å². The van der Waals surface area contributed by atoms with Crippen molar-refractivity contribution in [3.8, 4) is 0 Å². The summed E-state index contributed by atoms with van der Waals surface area (Å²) >= 11 is 0. The van der Waals surface area contributed by atoms with Crippen molar-refractivity contribution in [2.45, 2.75) is 70.2 Å². The summed E-state index contributed by atoms with van der Waals surface area (Å²) in [6.07, 6.45) is 5.87. The van der Waals surface area contributed by atoms with E-state index in [4.69, 9.17) is 0 Å². The van der Waals surface area contributed by atoms with E-state index in [2.05, 4.69) is 6.92 Å². The van der Waals surface area contributed by atoms with E-state index in [0.29, 0.717) is 36.9 Å². The molecule has 0 spiro atoms. The molecular formula is C21H32N2O3S. The highest BCUT2D eigenvalue weighted by Crippen LogP contribution is 2.29. The Kier molecular flexibility index (Phi) is 6.26. The number of piperidine rings is 1. The predicted molar refractivity (Wildman–Crippen MR) is 107 cm³/mol. The van der Waals surface area contributed by atoms with Crippen LogP contribution in [0.3, 0.4) is 0 Å². The Morgan fingerprint density at radius 1 is 1.07 bits per heavy atom. The quantitative estimate of drug-likeness (QED) is 0.771. The lowest BCUT2D eigenvalue weighted by atomic mass is 9.95. The molecule has 0 unspecified atom stereocenters. The molecule has 1 aromatic rings. The molecule has 1 saturated heterocycles. The van der Waals surface area contributed by atoms with Gasteiger partial charge < -0.3 is 4.90 Å². The van der Waals surface area contributed by atoms with Crippen molar-refractivity contribution in [2.24, 2.45) is 5.92 Å². The number of sulfonamides is 1. The molecule has 0 radical (unpaired) electrons. The molecule has 1 aliphatic carbocycles. The zero-order chi connectivity index (χ0) is 19.6. The third kappa shape index (κ3) is 4.21. The summed E-state index contributed by atoms with van der Waals surface area (Å²) in [5, 5.41) is 0. The minimum absolute atomic E-state index is 0.0447. The van der Waals surface area contributed by atoms with E-state index in [1.165, 1.54) is 12.8 Å². The third-order valence-electron chi connectivity index (χ3n) is 6.31. The van der Waals surface area contributed by atoms with Crippen molar-refractivity contribution in [1.29, 1.82) is 0 Å². The largest absolute Gasteiger partial charge is 0.340 e. The van der Waals surface area contributed by atoms with Crippen molar-refractivity contribution in [3.63, 3.8) is 0 Å². The van der Waals surface area contributed by atoms with Gasteiger partial charge in [0, 0.05) is 31.6 Å². The van der Waals surface area contributed by atoms with Gasteiger partial charge in [-0.25, -0.2) is 8.42 Å². The third-order valence-corrected chi connectivity index (χ3v) is 8.20. The monoisotopic (exact) mass is 392 g/mol. The van der Waals surface area contributed by atoms with Gasteiger partial charge in [-0.15, -0.1) is 0 Å². The van der Waals surface area contributed by atoms with Gasteiger partial charge in [0.25, 0.3) is 0 Å². The Morgan fingerprint density at radius 3 is 2.26 bits per heavy atom. The molecule has 0 atom stereocenters. The fourth-order valence-corrected chi connectivity index (χ4v) is 5.97. The molecule has 5 nitrogen and oxygen atoms in total. The van der Waals surface area contributed by atoms with E-state index in [-0.39, 0.29) is 11.8 Å². The van der Waals surface area contributed by atoms with Crippen LogP contribution in [0, 0.1) is 19.8 Å². The number of aryl methyl sites for hydroxylation is 2. The van der Waals surface area contributed by atoms with Gasteiger partial charge in [0.2, 0.25) is 15.9 Å². The molecule has 2 fully saturated rings. The van der Waals surface area contributed by atoms with E-state index < -0.39 is 10.0 Å². The van der Waals surface area contributed by atoms with Crippen molar-refractivity contribution in [2.75, 3.05) is 19.6 Å². The average Bonchev–Trinajstić information content (AvgIpc) is 3.19. The normalized spacial score (nSPS) is 20.1. The molecule has 27 heavy (non-hydrogen) atoms.